The summed E-state index contributed by atoms with van der Waals surface area (Å²) in [6.45, 7) is 5.99. The van der Waals surface area contributed by atoms with Crippen molar-refractivity contribution in [1.82, 2.24) is 14.7 Å². The Balaban J connectivity index is 2.58. The summed E-state index contributed by atoms with van der Waals surface area (Å²) >= 11 is 0. The van der Waals surface area contributed by atoms with Crippen molar-refractivity contribution in [3.8, 4) is 5.69 Å². The number of nitrogens with zero attached hydrogens (tertiary/aromatic N) is 4. The highest BCUT2D eigenvalue weighted by molar-refractivity contribution is 5.91. The molecule has 1 heterocycles. The number of hydrogen-bond acceptors (Lipinski definition) is 5. The van der Waals surface area contributed by atoms with E-state index < -0.39 is 16.3 Å². The van der Waals surface area contributed by atoms with Crippen molar-refractivity contribution < 1.29 is 9.72 Å². The normalized spacial score (nSPS) is 10.8. The van der Waals surface area contributed by atoms with Gasteiger partial charge in [0, 0.05) is 31.4 Å². The van der Waals surface area contributed by atoms with Gasteiger partial charge in [0.05, 0.1) is 4.92 Å². The largest absolute Gasteiger partial charge is 0.340 e. The lowest BCUT2D eigenvalue weighted by atomic mass is 10.2. The molecule has 0 atom stereocenters. The molecule has 8 heteroatoms. The standard InChI is InChI=1S/C17H20N4O4/c1-11(2)10-19(4)17(23)16-15(22)9-12(3)20(18-16)13-7-5-6-8-14(13)21(24)25/h5-9,11H,10H2,1-4H3. The van der Waals surface area contributed by atoms with Crippen LogP contribution < -0.4 is 5.43 Å². The first-order chi connectivity index (χ1) is 11.7. The van der Waals surface area contributed by atoms with Crippen molar-refractivity contribution in [2.45, 2.75) is 20.8 Å². The lowest BCUT2D eigenvalue weighted by Gasteiger charge is -2.19. The minimum Gasteiger partial charge on any atom is -0.340 e. The van der Waals surface area contributed by atoms with Crippen LogP contribution in [0.3, 0.4) is 0 Å². The Kier molecular flexibility index (Phi) is 5.31. The van der Waals surface area contributed by atoms with E-state index in [0.29, 0.717) is 12.2 Å². The van der Waals surface area contributed by atoms with Gasteiger partial charge in [-0.15, -0.1) is 0 Å². The third-order valence-electron chi connectivity index (χ3n) is 3.60. The first-order valence-corrected chi connectivity index (χ1v) is 7.82. The van der Waals surface area contributed by atoms with Crippen molar-refractivity contribution in [2.24, 2.45) is 5.92 Å². The van der Waals surface area contributed by atoms with E-state index in [1.165, 1.54) is 27.8 Å². The van der Waals surface area contributed by atoms with E-state index in [2.05, 4.69) is 5.10 Å². The summed E-state index contributed by atoms with van der Waals surface area (Å²) in [6, 6.07) is 7.31. The third kappa shape index (κ3) is 3.90. The fraction of sp³-hybridized carbons (Fsp3) is 0.353. The lowest BCUT2D eigenvalue weighted by molar-refractivity contribution is -0.384. The van der Waals surface area contributed by atoms with Crippen LogP contribution in [0.2, 0.25) is 0 Å². The van der Waals surface area contributed by atoms with E-state index >= 15 is 0 Å². The predicted octanol–water partition coefficient (Wildman–Crippen LogP) is 2.18. The van der Waals surface area contributed by atoms with Gasteiger partial charge in [-0.3, -0.25) is 19.7 Å². The Morgan fingerprint density at radius 3 is 2.60 bits per heavy atom. The molecule has 0 saturated carbocycles. The molecular formula is C17H20N4O4. The molecule has 2 aromatic rings. The fourth-order valence-corrected chi connectivity index (χ4v) is 2.55. The summed E-state index contributed by atoms with van der Waals surface area (Å²) in [5.74, 6) is -0.275. The number of para-hydroxylation sites is 2. The Hall–Kier alpha value is -3.03. The van der Waals surface area contributed by atoms with Gasteiger partial charge in [0.1, 0.15) is 5.69 Å². The smallest absolute Gasteiger partial charge is 0.294 e. The Morgan fingerprint density at radius 1 is 1.36 bits per heavy atom. The molecular weight excluding hydrogens is 324 g/mol. The van der Waals surface area contributed by atoms with Crippen LogP contribution in [0.1, 0.15) is 30.0 Å². The zero-order chi connectivity index (χ0) is 18.7. The Morgan fingerprint density at radius 2 is 2.00 bits per heavy atom. The van der Waals surface area contributed by atoms with Gasteiger partial charge >= 0.3 is 0 Å². The van der Waals surface area contributed by atoms with Gasteiger partial charge < -0.3 is 4.90 Å². The zero-order valence-electron chi connectivity index (χ0n) is 14.6. The van der Waals surface area contributed by atoms with Crippen LogP contribution in [0.5, 0.6) is 0 Å². The molecule has 0 aliphatic rings. The fourth-order valence-electron chi connectivity index (χ4n) is 2.55. The molecule has 8 nitrogen and oxygen atoms in total. The highest BCUT2D eigenvalue weighted by Crippen LogP contribution is 2.22. The number of hydrogen-bond donors (Lipinski definition) is 0. The number of amides is 1. The second-order valence-electron chi connectivity index (χ2n) is 6.24. The van der Waals surface area contributed by atoms with Crippen LogP contribution in [-0.4, -0.2) is 39.1 Å². The van der Waals surface area contributed by atoms with Gasteiger partial charge in [-0.05, 0) is 18.9 Å². The summed E-state index contributed by atoms with van der Waals surface area (Å²) in [7, 11) is 1.60. The van der Waals surface area contributed by atoms with Crippen molar-refractivity contribution >= 4 is 11.6 Å². The number of nitro groups is 1. The second kappa shape index (κ2) is 7.25. The van der Waals surface area contributed by atoms with Gasteiger partial charge in [0.25, 0.3) is 11.6 Å². The molecule has 25 heavy (non-hydrogen) atoms. The molecule has 1 amide bonds. The molecule has 0 unspecified atom stereocenters. The van der Waals surface area contributed by atoms with Gasteiger partial charge in [-0.2, -0.15) is 5.10 Å². The number of carbonyl (C=O) groups is 1. The number of nitro benzene ring substituents is 1. The molecule has 1 aromatic heterocycles. The van der Waals surface area contributed by atoms with Gasteiger partial charge in [0.2, 0.25) is 5.43 Å². The molecule has 0 aliphatic carbocycles. The zero-order valence-corrected chi connectivity index (χ0v) is 14.6. The van der Waals surface area contributed by atoms with Crippen LogP contribution in [-0.2, 0) is 0 Å². The van der Waals surface area contributed by atoms with Crippen molar-refractivity contribution in [1.29, 1.82) is 0 Å². The summed E-state index contributed by atoms with van der Waals surface area (Å²) in [5.41, 5.74) is -0.316. The summed E-state index contributed by atoms with van der Waals surface area (Å²) < 4.78 is 1.26. The number of carbonyl (C=O) groups excluding carboxylic acids is 1. The van der Waals surface area contributed by atoms with Gasteiger partial charge in [-0.1, -0.05) is 26.0 Å². The maximum Gasteiger partial charge on any atom is 0.294 e. The third-order valence-corrected chi connectivity index (χ3v) is 3.60. The number of aryl methyl sites for hydroxylation is 1. The quantitative estimate of drug-likeness (QED) is 0.611. The van der Waals surface area contributed by atoms with Crippen LogP contribution in [0.25, 0.3) is 5.69 Å². The topological polar surface area (TPSA) is 98.3 Å². The molecule has 0 saturated heterocycles. The maximum atomic E-state index is 12.5. The highest BCUT2D eigenvalue weighted by Gasteiger charge is 2.22. The minimum absolute atomic E-state index is 0.157. The van der Waals surface area contributed by atoms with Crippen LogP contribution >= 0.6 is 0 Å². The molecule has 1 aromatic carbocycles. The molecule has 2 rings (SSSR count). The molecule has 0 N–H and O–H groups in total. The summed E-state index contributed by atoms with van der Waals surface area (Å²) in [5, 5.41) is 15.4. The van der Waals surface area contributed by atoms with Crippen molar-refractivity contribution in [3.63, 3.8) is 0 Å². The molecule has 0 spiro atoms. The van der Waals surface area contributed by atoms with E-state index in [-0.39, 0.29) is 23.0 Å². The molecule has 0 radical (unpaired) electrons. The first-order valence-electron chi connectivity index (χ1n) is 7.82. The van der Waals surface area contributed by atoms with Crippen molar-refractivity contribution in [2.75, 3.05) is 13.6 Å². The molecule has 0 bridgehead atoms. The minimum atomic E-state index is -0.527. The second-order valence-corrected chi connectivity index (χ2v) is 6.24. The summed E-state index contributed by atoms with van der Waals surface area (Å²) in [4.78, 5) is 36.9. The van der Waals surface area contributed by atoms with Crippen LogP contribution in [0.4, 0.5) is 5.69 Å². The van der Waals surface area contributed by atoms with E-state index in [9.17, 15) is 19.7 Å². The monoisotopic (exact) mass is 344 g/mol. The average Bonchev–Trinajstić information content (AvgIpc) is 2.53. The Labute approximate surface area is 144 Å². The molecule has 0 aliphatic heterocycles. The Bertz CT molecular complexity index is 873. The number of benzene rings is 1. The molecule has 132 valence electrons. The predicted molar refractivity (Wildman–Crippen MR) is 93.0 cm³/mol. The number of rotatable bonds is 5. The number of aromatic nitrogens is 2. The first kappa shape index (κ1) is 18.3. The van der Waals surface area contributed by atoms with E-state index in [0.717, 1.165) is 0 Å². The van der Waals surface area contributed by atoms with E-state index in [1.807, 2.05) is 13.8 Å². The van der Waals surface area contributed by atoms with Gasteiger partial charge in [-0.25, -0.2) is 4.68 Å². The van der Waals surface area contributed by atoms with E-state index in [4.69, 9.17) is 0 Å². The van der Waals surface area contributed by atoms with E-state index in [1.54, 1.807) is 26.1 Å². The van der Waals surface area contributed by atoms with Crippen LogP contribution in [0.15, 0.2) is 35.1 Å². The lowest BCUT2D eigenvalue weighted by Crippen LogP contribution is -2.35. The average molecular weight is 344 g/mol. The van der Waals surface area contributed by atoms with Crippen LogP contribution in [0, 0.1) is 23.0 Å². The summed E-state index contributed by atoms with van der Waals surface area (Å²) in [6.07, 6.45) is 0. The SMILES string of the molecule is Cc1cc(=O)c(C(=O)N(C)CC(C)C)nn1-c1ccccc1[N+](=O)[O-]. The van der Waals surface area contributed by atoms with Crippen molar-refractivity contribution in [3.05, 3.63) is 62.1 Å². The molecule has 0 fully saturated rings. The highest BCUT2D eigenvalue weighted by atomic mass is 16.6. The van der Waals surface area contributed by atoms with Gasteiger partial charge in [0.15, 0.2) is 5.69 Å². The maximum absolute atomic E-state index is 12.5.